The van der Waals surface area contributed by atoms with Crippen LogP contribution in [0.25, 0.3) is 0 Å². The van der Waals surface area contributed by atoms with Gasteiger partial charge in [-0.3, -0.25) is 0 Å². The zero-order valence-corrected chi connectivity index (χ0v) is 19.2. The van der Waals surface area contributed by atoms with E-state index in [0.29, 0.717) is 37.2 Å². The Balaban J connectivity index is 4.97. The summed E-state index contributed by atoms with van der Waals surface area (Å²) in [5.41, 5.74) is 0. The fourth-order valence-electron chi connectivity index (χ4n) is 2.21. The van der Waals surface area contributed by atoms with Crippen LogP contribution in [0.4, 0.5) is 0 Å². The molecule has 0 amide bonds. The Labute approximate surface area is 157 Å². The summed E-state index contributed by atoms with van der Waals surface area (Å²) in [6, 6.07) is 0. The number of hydrogen-bond acceptors (Lipinski definition) is 6. The van der Waals surface area contributed by atoms with Crippen molar-refractivity contribution in [2.45, 2.75) is 74.1 Å². The van der Waals surface area contributed by atoms with E-state index >= 15 is 0 Å². The van der Waals surface area contributed by atoms with Crippen molar-refractivity contribution in [3.05, 3.63) is 0 Å². The third-order valence-electron chi connectivity index (χ3n) is 3.50. The molecule has 0 atom stereocenters. The molecular weight excluding hydrogens is 439 g/mol. The van der Waals surface area contributed by atoms with Crippen molar-refractivity contribution in [3.63, 3.8) is 0 Å². The second kappa shape index (κ2) is 14.8. The standard InChI is InChI=1S/2C4H8O2S.2C4H9.Sn/c2*5-4(6)2-1-3-7;2*1-3-4-2;/h2*7H,1-3H2,(H,5,6);2*1,3-4H2,2H3;/q;;;;+2/p-2. The molecule has 0 fully saturated rings. The second-order valence-electron chi connectivity index (χ2n) is 5.72. The van der Waals surface area contributed by atoms with Crippen LogP contribution in [0.15, 0.2) is 0 Å². The normalized spacial score (nSPS) is 11.3. The Bertz CT molecular complexity index is 308. The Morgan fingerprint density at radius 2 is 1.17 bits per heavy atom. The van der Waals surface area contributed by atoms with Gasteiger partial charge in [0.1, 0.15) is 0 Å². The van der Waals surface area contributed by atoms with Crippen molar-refractivity contribution in [3.8, 4) is 0 Å². The number of carbonyl (C=O) groups is 2. The second-order valence-corrected chi connectivity index (χ2v) is 15.8. The molecular formula is C16H32O4S2Sn. The molecule has 0 aliphatic heterocycles. The number of carbonyl (C=O) groups excluding carboxylic acids is 2. The molecule has 0 aromatic heterocycles. The van der Waals surface area contributed by atoms with E-state index in [0.717, 1.165) is 34.6 Å². The molecule has 0 aromatic carbocycles. The predicted molar refractivity (Wildman–Crippen MR) is 104 cm³/mol. The Morgan fingerprint density at radius 3 is 1.48 bits per heavy atom. The van der Waals surface area contributed by atoms with E-state index in [4.69, 9.17) is 6.15 Å². The van der Waals surface area contributed by atoms with Gasteiger partial charge in [0, 0.05) is 0 Å². The van der Waals surface area contributed by atoms with Crippen molar-refractivity contribution in [1.29, 1.82) is 0 Å². The van der Waals surface area contributed by atoms with Crippen LogP contribution in [0.1, 0.15) is 65.2 Å². The maximum absolute atomic E-state index is 12.1. The molecule has 0 aliphatic carbocycles. The van der Waals surface area contributed by atoms with Gasteiger partial charge in [-0.15, -0.1) is 0 Å². The Hall–Kier alpha value is 0.439. The fourth-order valence-corrected chi connectivity index (χ4v) is 12.6. The summed E-state index contributed by atoms with van der Waals surface area (Å²) in [6.45, 7) is 4.20. The van der Waals surface area contributed by atoms with Crippen molar-refractivity contribution in [2.75, 3.05) is 11.5 Å². The van der Waals surface area contributed by atoms with Crippen molar-refractivity contribution in [1.82, 2.24) is 0 Å². The minimum absolute atomic E-state index is 0.218. The summed E-state index contributed by atoms with van der Waals surface area (Å²) < 4.78 is 13.3. The first-order valence-corrected chi connectivity index (χ1v) is 16.3. The minimum atomic E-state index is -3.69. The molecule has 0 saturated carbocycles. The summed E-state index contributed by atoms with van der Waals surface area (Å²) >= 11 is 4.57. The van der Waals surface area contributed by atoms with Crippen LogP contribution < -0.4 is 0 Å². The molecule has 0 rings (SSSR count). The molecule has 0 heterocycles. The number of hydrogen-bond donors (Lipinski definition) is 2. The predicted octanol–water partition coefficient (Wildman–Crippen LogP) is 4.54. The van der Waals surface area contributed by atoms with Gasteiger partial charge in [-0.2, -0.15) is 0 Å². The summed E-state index contributed by atoms with van der Waals surface area (Å²) in [6.07, 6.45) is 6.00. The Morgan fingerprint density at radius 1 is 0.783 bits per heavy atom. The van der Waals surface area contributed by atoms with Crippen LogP contribution in [0.5, 0.6) is 0 Å². The molecule has 0 N–H and O–H groups in total. The molecule has 23 heavy (non-hydrogen) atoms. The molecule has 0 aliphatic rings. The molecule has 0 radical (unpaired) electrons. The molecule has 0 saturated heterocycles. The third kappa shape index (κ3) is 11.6. The van der Waals surface area contributed by atoms with E-state index in [1.807, 2.05) is 0 Å². The van der Waals surface area contributed by atoms with Gasteiger partial charge in [0.25, 0.3) is 0 Å². The molecule has 0 aromatic rings. The molecule has 136 valence electrons. The molecule has 0 unspecified atom stereocenters. The first-order chi connectivity index (χ1) is 11.0. The van der Waals surface area contributed by atoms with E-state index in [9.17, 15) is 9.59 Å². The average Bonchev–Trinajstić information content (AvgIpc) is 2.54. The van der Waals surface area contributed by atoms with Gasteiger partial charge in [0.05, 0.1) is 0 Å². The zero-order chi connectivity index (χ0) is 17.6. The van der Waals surface area contributed by atoms with E-state index in [-0.39, 0.29) is 11.9 Å². The monoisotopic (exact) mass is 472 g/mol. The van der Waals surface area contributed by atoms with E-state index in [1.54, 1.807) is 0 Å². The molecule has 7 heteroatoms. The SMILES string of the molecule is CCC[CH2][Sn]([CH2]CCC)([O]C(=O)CCCS)[O]C(=O)CCCS. The maximum atomic E-state index is 12.1. The molecule has 4 nitrogen and oxygen atoms in total. The van der Waals surface area contributed by atoms with E-state index < -0.39 is 19.2 Å². The first-order valence-electron chi connectivity index (χ1n) is 8.69. The van der Waals surface area contributed by atoms with Crippen LogP contribution in [-0.4, -0.2) is 42.6 Å². The van der Waals surface area contributed by atoms with Gasteiger partial charge in [0.2, 0.25) is 0 Å². The zero-order valence-electron chi connectivity index (χ0n) is 14.5. The summed E-state index contributed by atoms with van der Waals surface area (Å²) in [5, 5.41) is 0. The quantitative estimate of drug-likeness (QED) is 0.289. The van der Waals surface area contributed by atoms with Crippen LogP contribution in [-0.2, 0) is 15.7 Å². The third-order valence-corrected chi connectivity index (χ3v) is 13.9. The first kappa shape index (κ1) is 23.4. The van der Waals surface area contributed by atoms with Crippen LogP contribution >= 0.6 is 25.3 Å². The van der Waals surface area contributed by atoms with Gasteiger partial charge in [-0.05, 0) is 0 Å². The van der Waals surface area contributed by atoms with Crippen molar-refractivity contribution >= 4 is 56.4 Å². The average molecular weight is 471 g/mol. The number of thiol groups is 2. The fraction of sp³-hybridized carbons (Fsp3) is 0.875. The molecule has 0 bridgehead atoms. The number of unbranched alkanes of at least 4 members (excludes halogenated alkanes) is 2. The van der Waals surface area contributed by atoms with E-state index in [2.05, 4.69) is 39.1 Å². The number of rotatable bonds is 14. The van der Waals surface area contributed by atoms with Gasteiger partial charge in [-0.1, -0.05) is 0 Å². The van der Waals surface area contributed by atoms with Crippen LogP contribution in [0.3, 0.4) is 0 Å². The van der Waals surface area contributed by atoms with Gasteiger partial charge in [0.15, 0.2) is 0 Å². The van der Waals surface area contributed by atoms with Crippen molar-refractivity contribution < 1.29 is 15.7 Å². The molecule has 0 spiro atoms. The van der Waals surface area contributed by atoms with Crippen LogP contribution in [0.2, 0.25) is 8.87 Å². The van der Waals surface area contributed by atoms with Crippen LogP contribution in [0, 0.1) is 0 Å². The Kier molecular flexibility index (Phi) is 15.0. The van der Waals surface area contributed by atoms with Crippen molar-refractivity contribution in [2.24, 2.45) is 0 Å². The summed E-state index contributed by atoms with van der Waals surface area (Å²) in [5.74, 6) is 0.875. The topological polar surface area (TPSA) is 52.6 Å². The van der Waals surface area contributed by atoms with E-state index in [1.165, 1.54) is 0 Å². The van der Waals surface area contributed by atoms with Gasteiger partial charge in [-0.25, -0.2) is 0 Å². The summed E-state index contributed by atoms with van der Waals surface area (Å²) in [7, 11) is 0. The summed E-state index contributed by atoms with van der Waals surface area (Å²) in [4.78, 5) is 24.3. The van der Waals surface area contributed by atoms with Gasteiger partial charge >= 0.3 is 158 Å². The van der Waals surface area contributed by atoms with Gasteiger partial charge < -0.3 is 0 Å².